The molecule has 0 bridgehead atoms. The zero-order valence-corrected chi connectivity index (χ0v) is 17.7. The number of ether oxygens (including phenoxy) is 3. The summed E-state index contributed by atoms with van der Waals surface area (Å²) in [5, 5.41) is 1.17. The van der Waals surface area contributed by atoms with Gasteiger partial charge in [-0.2, -0.15) is 0 Å². The van der Waals surface area contributed by atoms with Crippen molar-refractivity contribution >= 4 is 10.9 Å². The van der Waals surface area contributed by atoms with E-state index in [2.05, 4.69) is 68.0 Å². The van der Waals surface area contributed by atoms with Gasteiger partial charge in [0.05, 0.1) is 31.5 Å². The van der Waals surface area contributed by atoms with E-state index in [1.54, 1.807) is 7.11 Å². The van der Waals surface area contributed by atoms with Crippen LogP contribution in [0, 0.1) is 26.9 Å². The molecule has 0 radical (unpaired) electrons. The van der Waals surface area contributed by atoms with E-state index in [1.807, 2.05) is 12.1 Å². The van der Waals surface area contributed by atoms with Gasteiger partial charge >= 0.3 is 33.9 Å². The molecule has 0 N–H and O–H groups in total. The fourth-order valence-electron chi connectivity index (χ4n) is 3.17. The Morgan fingerprint density at radius 2 is 1.60 bits per heavy atom. The van der Waals surface area contributed by atoms with Crippen molar-refractivity contribution in [2.45, 2.75) is 13.2 Å². The van der Waals surface area contributed by atoms with Crippen LogP contribution in [0.3, 0.4) is 0 Å². The van der Waals surface area contributed by atoms with Gasteiger partial charge in [-0.25, -0.2) is 0 Å². The number of methoxy groups -OCH3 is 1. The molecule has 0 amide bonds. The third-order valence-electron chi connectivity index (χ3n) is 4.29. The molecule has 4 rings (SSSR count). The van der Waals surface area contributed by atoms with E-state index in [9.17, 15) is 0 Å². The topological polar surface area (TPSA) is 92.3 Å². The normalized spacial score (nSPS) is 12.0. The van der Waals surface area contributed by atoms with Gasteiger partial charge in [0.2, 0.25) is 0 Å². The second-order valence-electron chi connectivity index (χ2n) is 5.70. The van der Waals surface area contributed by atoms with Gasteiger partial charge in [-0.05, 0) is 30.7 Å². The van der Waals surface area contributed by atoms with E-state index in [0.717, 1.165) is 22.5 Å². The number of aromatic nitrogens is 1. The summed E-state index contributed by atoms with van der Waals surface area (Å²) in [6, 6.07) is 14.5. The number of fused-ring (bicyclic) bond motifs is 1. The van der Waals surface area contributed by atoms with Gasteiger partial charge in [0, 0.05) is 40.6 Å². The molecule has 30 heavy (non-hydrogen) atoms. The summed E-state index contributed by atoms with van der Waals surface area (Å²) >= 11 is 0. The molecular formula is C22H19CrNO6. The second-order valence-corrected chi connectivity index (χ2v) is 5.70. The molecule has 1 saturated heterocycles. The molecule has 2 heterocycles. The molecule has 7 nitrogen and oxygen atoms in total. The Kier molecular flexibility index (Phi) is 13.2. The minimum absolute atomic E-state index is 0. The fourth-order valence-corrected chi connectivity index (χ4v) is 3.17. The van der Waals surface area contributed by atoms with Gasteiger partial charge in [0.1, 0.15) is 5.75 Å². The standard InChI is InChI=1S/C19H19NO3.3CO.Cr/c1-13-4-3-5-16(19-22-10-11-23-19)18(13)20-9-8-14-6-7-15(21-2)12-17(14)20;3*1-2;/h3-9,12,19H,10-11H2,1-2H3;;;;. The number of aryl methyl sites for hydroxylation is 1. The van der Waals surface area contributed by atoms with Crippen LogP contribution >= 0.6 is 0 Å². The molecule has 0 unspecified atom stereocenters. The van der Waals surface area contributed by atoms with Crippen LogP contribution in [0.2, 0.25) is 0 Å². The first kappa shape index (κ1) is 27.5. The third kappa shape index (κ3) is 5.98. The van der Waals surface area contributed by atoms with Gasteiger partial charge in [0.15, 0.2) is 6.29 Å². The first-order valence-corrected chi connectivity index (χ1v) is 8.37. The molecule has 1 aliphatic heterocycles. The second kappa shape index (κ2) is 14.4. The van der Waals surface area contributed by atoms with Crippen LogP contribution in [0.15, 0.2) is 48.7 Å². The van der Waals surface area contributed by atoms with Crippen LogP contribution in [-0.2, 0) is 40.8 Å². The van der Waals surface area contributed by atoms with Crippen LogP contribution in [0.4, 0.5) is 0 Å². The molecule has 2 aromatic carbocycles. The summed E-state index contributed by atoms with van der Waals surface area (Å²) in [6.07, 6.45) is 1.79. The number of nitrogens with zero attached hydrogens (tertiary/aromatic N) is 1. The number of para-hydroxylation sites is 1. The van der Waals surface area contributed by atoms with E-state index in [-0.39, 0.29) is 23.7 Å². The van der Waals surface area contributed by atoms with Gasteiger partial charge in [-0.15, -0.1) is 0 Å². The first-order chi connectivity index (χ1) is 14.3. The van der Waals surface area contributed by atoms with Crippen LogP contribution in [0.5, 0.6) is 5.75 Å². The van der Waals surface area contributed by atoms with Gasteiger partial charge < -0.3 is 18.8 Å². The van der Waals surface area contributed by atoms with E-state index in [0.29, 0.717) is 13.2 Å². The number of hydrogen-bond donors (Lipinski definition) is 0. The van der Waals surface area contributed by atoms with E-state index < -0.39 is 0 Å². The smallest absolute Gasteiger partial charge is 0 e. The van der Waals surface area contributed by atoms with E-state index in [1.165, 1.54) is 10.9 Å². The summed E-state index contributed by atoms with van der Waals surface area (Å²) in [5.74, 6) is 0.848. The van der Waals surface area contributed by atoms with Crippen molar-refractivity contribution in [3.05, 3.63) is 79.7 Å². The van der Waals surface area contributed by atoms with Crippen molar-refractivity contribution in [3.63, 3.8) is 0 Å². The van der Waals surface area contributed by atoms with Crippen molar-refractivity contribution in [1.82, 2.24) is 4.57 Å². The summed E-state index contributed by atoms with van der Waals surface area (Å²) in [4.78, 5) is 0. The van der Waals surface area contributed by atoms with Gasteiger partial charge in [-0.1, -0.05) is 18.2 Å². The van der Waals surface area contributed by atoms with Crippen molar-refractivity contribution in [1.29, 1.82) is 0 Å². The quantitative estimate of drug-likeness (QED) is 0.453. The monoisotopic (exact) mass is 445 g/mol. The molecule has 0 atom stereocenters. The average Bonchev–Trinajstić information content (AvgIpc) is 3.47. The Balaban J connectivity index is 0.00000111. The minimum atomic E-state index is -0.298. The Morgan fingerprint density at radius 1 is 0.967 bits per heavy atom. The first-order valence-electron chi connectivity index (χ1n) is 8.37. The Hall–Kier alpha value is -2.55. The van der Waals surface area contributed by atoms with Crippen molar-refractivity contribution in [2.24, 2.45) is 0 Å². The van der Waals surface area contributed by atoms with Gasteiger partial charge in [-0.3, -0.25) is 0 Å². The average molecular weight is 445 g/mol. The Bertz CT molecular complexity index is 972. The molecule has 0 saturated carbocycles. The fraction of sp³-hybridized carbons (Fsp3) is 0.227. The molecule has 1 aliphatic rings. The molecule has 154 valence electrons. The largest absolute Gasteiger partial charge is 0 e. The molecular weight excluding hydrogens is 426 g/mol. The van der Waals surface area contributed by atoms with Crippen LogP contribution in [0.1, 0.15) is 17.4 Å². The Labute approximate surface area is 185 Å². The van der Waals surface area contributed by atoms with E-state index >= 15 is 0 Å². The third-order valence-corrected chi connectivity index (χ3v) is 4.29. The van der Waals surface area contributed by atoms with Crippen molar-refractivity contribution in [3.8, 4) is 11.4 Å². The molecule has 1 fully saturated rings. The number of benzene rings is 2. The van der Waals surface area contributed by atoms with E-state index in [4.69, 9.17) is 28.2 Å². The maximum atomic E-state index is 7.50. The number of hydrogen-bond acceptors (Lipinski definition) is 3. The van der Waals surface area contributed by atoms with Crippen LogP contribution in [0.25, 0.3) is 16.6 Å². The van der Waals surface area contributed by atoms with Gasteiger partial charge in [0.25, 0.3) is 0 Å². The zero-order chi connectivity index (χ0) is 21.8. The van der Waals surface area contributed by atoms with Crippen LogP contribution < -0.4 is 4.74 Å². The molecule has 0 spiro atoms. The predicted octanol–water partition coefficient (Wildman–Crippen LogP) is 3.88. The summed E-state index contributed by atoms with van der Waals surface area (Å²) in [7, 11) is 1.69. The zero-order valence-electron chi connectivity index (χ0n) is 16.4. The maximum absolute atomic E-state index is 7.50. The SMILES string of the molecule is COc1ccc2ccn(-c3c(C)cccc3C3OCCO3)c2c1.[C-]#[O+].[C-]#[O+].[C-]#[O+].[Cr]. The predicted molar refractivity (Wildman–Crippen MR) is 101 cm³/mol. The van der Waals surface area contributed by atoms with Crippen LogP contribution in [-0.4, -0.2) is 24.9 Å². The molecule has 1 aromatic heterocycles. The molecule has 0 aliphatic carbocycles. The summed E-state index contributed by atoms with van der Waals surface area (Å²) < 4.78 is 41.5. The molecule has 3 aromatic rings. The molecule has 8 heteroatoms. The summed E-state index contributed by atoms with van der Waals surface area (Å²) in [5.41, 5.74) is 4.46. The Morgan fingerprint density at radius 3 is 2.20 bits per heavy atom. The summed E-state index contributed by atoms with van der Waals surface area (Å²) in [6.45, 7) is 16.9. The number of rotatable bonds is 3. The maximum Gasteiger partial charge on any atom is 0 e. The van der Waals surface area contributed by atoms with Crippen molar-refractivity contribution < 1.29 is 45.5 Å². The van der Waals surface area contributed by atoms with Crippen molar-refractivity contribution in [2.75, 3.05) is 20.3 Å². The minimum Gasteiger partial charge on any atom is 0 e.